The first kappa shape index (κ1) is 18.4. The van der Waals surface area contributed by atoms with Crippen LogP contribution in [0.1, 0.15) is 65.2 Å². The Morgan fingerprint density at radius 1 is 0.947 bits per heavy atom. The van der Waals surface area contributed by atoms with Crippen molar-refractivity contribution in [2.24, 2.45) is 0 Å². The van der Waals surface area contributed by atoms with E-state index < -0.39 is 0 Å². The molecule has 0 radical (unpaired) electrons. The Hall–Kier alpha value is -0.600. The van der Waals surface area contributed by atoms with Crippen LogP contribution in [-0.2, 0) is 0 Å². The maximum absolute atomic E-state index is 8.67. The van der Waals surface area contributed by atoms with Crippen LogP contribution >= 0.6 is 0 Å². The Kier molecular flexibility index (Phi) is 15.0. The number of aliphatic hydroxyl groups excluding tert-OH is 1. The summed E-state index contributed by atoms with van der Waals surface area (Å²) in [6, 6.07) is 0.609. The molecule has 112 valence electrons. The lowest BCUT2D eigenvalue weighted by molar-refractivity contribution is 0.282. The third kappa shape index (κ3) is 15.3. The summed E-state index contributed by atoms with van der Waals surface area (Å²) in [5, 5.41) is 12.2. The maximum Gasteiger partial charge on any atom is 0.0431 e. The molecule has 19 heavy (non-hydrogen) atoms. The smallest absolute Gasteiger partial charge is 0.0431 e. The molecule has 0 aromatic heterocycles. The van der Waals surface area contributed by atoms with Gasteiger partial charge in [0.15, 0.2) is 0 Å². The van der Waals surface area contributed by atoms with Gasteiger partial charge in [-0.05, 0) is 26.2 Å². The van der Waals surface area contributed by atoms with Gasteiger partial charge in [-0.3, -0.25) is 0 Å². The van der Waals surface area contributed by atoms with Crippen LogP contribution in [0.15, 0.2) is 24.3 Å². The highest BCUT2D eigenvalue weighted by atomic mass is 16.2. The highest BCUT2D eigenvalue weighted by Gasteiger charge is 1.99. The number of hydrogen-bond donors (Lipinski definition) is 2. The number of nitrogens with one attached hydrogen (secondary N) is 1. The van der Waals surface area contributed by atoms with E-state index >= 15 is 0 Å². The predicted octanol–water partition coefficient (Wildman–Crippen LogP) is 4.21. The molecule has 0 bridgehead atoms. The van der Waals surface area contributed by atoms with Gasteiger partial charge in [-0.25, -0.2) is 0 Å². The van der Waals surface area contributed by atoms with Crippen molar-refractivity contribution in [3.8, 4) is 0 Å². The summed E-state index contributed by atoms with van der Waals surface area (Å²) in [6.07, 6.45) is 18.3. The SMILES string of the molecule is CC/C=C\C=C/CN[C@H](C)CCCCCCCCO. The van der Waals surface area contributed by atoms with Gasteiger partial charge in [0.2, 0.25) is 0 Å². The fourth-order valence-corrected chi connectivity index (χ4v) is 2.00. The van der Waals surface area contributed by atoms with Crippen molar-refractivity contribution in [2.75, 3.05) is 13.2 Å². The fraction of sp³-hybridized carbons (Fsp3) is 0.765. The van der Waals surface area contributed by atoms with Gasteiger partial charge in [0, 0.05) is 19.2 Å². The van der Waals surface area contributed by atoms with Gasteiger partial charge in [-0.1, -0.05) is 63.3 Å². The van der Waals surface area contributed by atoms with Crippen LogP contribution in [0.5, 0.6) is 0 Å². The van der Waals surface area contributed by atoms with Gasteiger partial charge in [0.1, 0.15) is 0 Å². The summed E-state index contributed by atoms with van der Waals surface area (Å²) >= 11 is 0. The summed E-state index contributed by atoms with van der Waals surface area (Å²) in [7, 11) is 0. The highest BCUT2D eigenvalue weighted by molar-refractivity contribution is 5.02. The van der Waals surface area contributed by atoms with Gasteiger partial charge in [-0.2, -0.15) is 0 Å². The Bertz CT molecular complexity index is 223. The van der Waals surface area contributed by atoms with Crippen molar-refractivity contribution >= 4 is 0 Å². The molecule has 0 aliphatic heterocycles. The van der Waals surface area contributed by atoms with E-state index in [1.165, 1.54) is 38.5 Å². The fourth-order valence-electron chi connectivity index (χ4n) is 2.00. The molecule has 0 aromatic rings. The van der Waals surface area contributed by atoms with Crippen molar-refractivity contribution in [3.63, 3.8) is 0 Å². The largest absolute Gasteiger partial charge is 0.396 e. The van der Waals surface area contributed by atoms with Crippen LogP contribution in [0.2, 0.25) is 0 Å². The second-order valence-corrected chi connectivity index (χ2v) is 5.21. The topological polar surface area (TPSA) is 32.3 Å². The first-order valence-electron chi connectivity index (χ1n) is 7.97. The first-order valence-corrected chi connectivity index (χ1v) is 7.97. The molecule has 0 fully saturated rings. The zero-order valence-electron chi connectivity index (χ0n) is 12.9. The molecule has 0 spiro atoms. The van der Waals surface area contributed by atoms with Crippen LogP contribution in [0.25, 0.3) is 0 Å². The summed E-state index contributed by atoms with van der Waals surface area (Å²) < 4.78 is 0. The lowest BCUT2D eigenvalue weighted by atomic mass is 10.1. The van der Waals surface area contributed by atoms with E-state index in [0.29, 0.717) is 12.6 Å². The first-order chi connectivity index (χ1) is 9.31. The monoisotopic (exact) mass is 267 g/mol. The maximum atomic E-state index is 8.67. The van der Waals surface area contributed by atoms with Crippen LogP contribution in [0, 0.1) is 0 Å². The number of hydrogen-bond acceptors (Lipinski definition) is 2. The normalized spacial score (nSPS) is 13.6. The molecule has 1 atom stereocenters. The predicted molar refractivity (Wildman–Crippen MR) is 85.4 cm³/mol. The molecule has 2 N–H and O–H groups in total. The van der Waals surface area contributed by atoms with E-state index in [-0.39, 0.29) is 0 Å². The molecule has 0 saturated carbocycles. The van der Waals surface area contributed by atoms with Gasteiger partial charge in [0.25, 0.3) is 0 Å². The van der Waals surface area contributed by atoms with E-state index in [1.807, 2.05) is 0 Å². The van der Waals surface area contributed by atoms with Crippen molar-refractivity contribution in [1.29, 1.82) is 0 Å². The Morgan fingerprint density at radius 3 is 2.26 bits per heavy atom. The van der Waals surface area contributed by atoms with E-state index in [2.05, 4.69) is 43.5 Å². The number of allylic oxidation sites excluding steroid dienone is 3. The molecule has 0 rings (SSSR count). The zero-order chi connectivity index (χ0) is 14.2. The van der Waals surface area contributed by atoms with Crippen molar-refractivity contribution in [1.82, 2.24) is 5.32 Å². The molecule has 0 aliphatic carbocycles. The summed E-state index contributed by atoms with van der Waals surface area (Å²) in [6.45, 7) is 5.73. The second-order valence-electron chi connectivity index (χ2n) is 5.21. The van der Waals surface area contributed by atoms with Gasteiger partial charge >= 0.3 is 0 Å². The summed E-state index contributed by atoms with van der Waals surface area (Å²) in [4.78, 5) is 0. The number of rotatable bonds is 13. The highest BCUT2D eigenvalue weighted by Crippen LogP contribution is 2.08. The van der Waals surface area contributed by atoms with Crippen molar-refractivity contribution in [3.05, 3.63) is 24.3 Å². The number of aliphatic hydroxyl groups is 1. The molecule has 0 heterocycles. The average Bonchev–Trinajstić information content (AvgIpc) is 2.41. The third-order valence-electron chi connectivity index (χ3n) is 3.25. The van der Waals surface area contributed by atoms with Crippen molar-refractivity contribution in [2.45, 2.75) is 71.3 Å². The Labute approximate surface area is 120 Å². The quantitative estimate of drug-likeness (QED) is 0.387. The standard InChI is InChI=1S/C17H33NO/c1-3-4-5-9-12-15-18-17(2)14-11-8-6-7-10-13-16-19/h4-5,9,12,17-19H,3,6-8,10-11,13-16H2,1-2H3/b5-4-,12-9-/t17-/m1/s1. The van der Waals surface area contributed by atoms with E-state index in [1.54, 1.807) is 0 Å². The molecular formula is C17H33NO. The Balaban J connectivity index is 3.27. The molecular weight excluding hydrogens is 234 g/mol. The number of unbranched alkanes of at least 4 members (excludes halogenated alkanes) is 5. The van der Waals surface area contributed by atoms with Crippen LogP contribution < -0.4 is 5.32 Å². The lowest BCUT2D eigenvalue weighted by Crippen LogP contribution is -2.25. The summed E-state index contributed by atoms with van der Waals surface area (Å²) in [5.74, 6) is 0. The van der Waals surface area contributed by atoms with E-state index in [9.17, 15) is 0 Å². The van der Waals surface area contributed by atoms with E-state index in [0.717, 1.165) is 19.4 Å². The van der Waals surface area contributed by atoms with Gasteiger partial charge < -0.3 is 10.4 Å². The second kappa shape index (κ2) is 15.5. The molecule has 0 amide bonds. The summed E-state index contributed by atoms with van der Waals surface area (Å²) in [5.41, 5.74) is 0. The molecule has 0 aromatic carbocycles. The minimum absolute atomic E-state index is 0.349. The molecule has 0 unspecified atom stereocenters. The van der Waals surface area contributed by atoms with Crippen molar-refractivity contribution < 1.29 is 5.11 Å². The molecule has 0 aliphatic rings. The van der Waals surface area contributed by atoms with E-state index in [4.69, 9.17) is 5.11 Å². The molecule has 2 heteroatoms. The van der Waals surface area contributed by atoms with Gasteiger partial charge in [-0.15, -0.1) is 0 Å². The van der Waals surface area contributed by atoms with Crippen LogP contribution in [0.4, 0.5) is 0 Å². The minimum Gasteiger partial charge on any atom is -0.396 e. The van der Waals surface area contributed by atoms with Crippen LogP contribution in [0.3, 0.4) is 0 Å². The molecule has 2 nitrogen and oxygen atoms in total. The Morgan fingerprint density at radius 2 is 1.58 bits per heavy atom. The van der Waals surface area contributed by atoms with Gasteiger partial charge in [0.05, 0.1) is 0 Å². The zero-order valence-corrected chi connectivity index (χ0v) is 12.9. The third-order valence-corrected chi connectivity index (χ3v) is 3.25. The van der Waals surface area contributed by atoms with Crippen LogP contribution in [-0.4, -0.2) is 24.3 Å². The molecule has 0 saturated heterocycles. The lowest BCUT2D eigenvalue weighted by Gasteiger charge is -2.11. The minimum atomic E-state index is 0.349. The average molecular weight is 267 g/mol.